The average molecular weight is 423 g/mol. The summed E-state index contributed by atoms with van der Waals surface area (Å²) in [4.78, 5) is 38.2. The number of aliphatic hydroxyl groups is 1. The van der Waals surface area contributed by atoms with Crippen molar-refractivity contribution in [3.8, 4) is 0 Å². The first-order valence-corrected chi connectivity index (χ1v) is 10.1. The molecule has 1 aromatic rings. The van der Waals surface area contributed by atoms with Gasteiger partial charge in [-0.15, -0.1) is 0 Å². The molecule has 0 saturated carbocycles. The molecule has 1 aliphatic heterocycles. The SMILES string of the molecule is COC1SC=CN(CC(=O)N[C@@H](Cc2ccccc2)C(O)C(=O)OC(C)C)C1=O. The molecule has 1 heterocycles. The van der Waals surface area contributed by atoms with Crippen molar-refractivity contribution in [2.45, 2.75) is 44.0 Å². The normalized spacial score (nSPS) is 18.4. The number of nitrogens with zero attached hydrogens (tertiary/aromatic N) is 1. The van der Waals surface area contributed by atoms with Gasteiger partial charge in [-0.05, 0) is 31.2 Å². The summed E-state index contributed by atoms with van der Waals surface area (Å²) in [6.07, 6.45) is -0.222. The third kappa shape index (κ3) is 6.88. The smallest absolute Gasteiger partial charge is 0.337 e. The van der Waals surface area contributed by atoms with E-state index >= 15 is 0 Å². The van der Waals surface area contributed by atoms with Gasteiger partial charge in [0.05, 0.1) is 12.1 Å². The molecule has 0 saturated heterocycles. The summed E-state index contributed by atoms with van der Waals surface area (Å²) in [7, 11) is 1.42. The van der Waals surface area contributed by atoms with Crippen LogP contribution in [0.4, 0.5) is 0 Å². The van der Waals surface area contributed by atoms with E-state index in [1.807, 2.05) is 30.3 Å². The molecular weight excluding hydrogens is 396 g/mol. The average Bonchev–Trinajstić information content (AvgIpc) is 2.68. The number of amides is 2. The van der Waals surface area contributed by atoms with Gasteiger partial charge in [0.2, 0.25) is 5.91 Å². The molecule has 1 aliphatic rings. The third-order valence-corrected chi connectivity index (χ3v) is 5.00. The van der Waals surface area contributed by atoms with Crippen LogP contribution in [-0.2, 0) is 30.3 Å². The number of methoxy groups -OCH3 is 1. The molecule has 0 aromatic heterocycles. The molecule has 1 aromatic carbocycles. The highest BCUT2D eigenvalue weighted by molar-refractivity contribution is 8.03. The maximum atomic E-state index is 12.6. The molecule has 0 aliphatic carbocycles. The zero-order valence-corrected chi connectivity index (χ0v) is 17.4. The van der Waals surface area contributed by atoms with E-state index in [0.29, 0.717) is 0 Å². The fourth-order valence-corrected chi connectivity index (χ4v) is 3.44. The van der Waals surface area contributed by atoms with Crippen molar-refractivity contribution in [1.82, 2.24) is 10.2 Å². The molecule has 2 N–H and O–H groups in total. The number of rotatable bonds is 9. The maximum absolute atomic E-state index is 12.6. The van der Waals surface area contributed by atoms with Crippen molar-refractivity contribution in [3.05, 3.63) is 47.5 Å². The van der Waals surface area contributed by atoms with Crippen molar-refractivity contribution in [2.24, 2.45) is 0 Å². The van der Waals surface area contributed by atoms with Crippen LogP contribution in [-0.4, -0.2) is 65.1 Å². The summed E-state index contributed by atoms with van der Waals surface area (Å²) < 4.78 is 10.1. The van der Waals surface area contributed by atoms with Crippen LogP contribution < -0.4 is 5.32 Å². The van der Waals surface area contributed by atoms with Crippen molar-refractivity contribution < 1.29 is 29.0 Å². The van der Waals surface area contributed by atoms with E-state index in [2.05, 4.69) is 5.32 Å². The van der Waals surface area contributed by atoms with Gasteiger partial charge < -0.3 is 24.8 Å². The second-order valence-electron chi connectivity index (χ2n) is 6.75. The zero-order valence-electron chi connectivity index (χ0n) is 16.6. The van der Waals surface area contributed by atoms with Gasteiger partial charge in [0.15, 0.2) is 11.5 Å². The Labute approximate surface area is 174 Å². The Balaban J connectivity index is 2.08. The minimum atomic E-state index is -1.54. The van der Waals surface area contributed by atoms with Crippen LogP contribution in [0.3, 0.4) is 0 Å². The summed E-state index contributed by atoms with van der Waals surface area (Å²) in [5.74, 6) is -1.68. The van der Waals surface area contributed by atoms with Crippen molar-refractivity contribution in [1.29, 1.82) is 0 Å². The highest BCUT2D eigenvalue weighted by Crippen LogP contribution is 2.21. The molecule has 0 spiro atoms. The van der Waals surface area contributed by atoms with Crippen molar-refractivity contribution >= 4 is 29.5 Å². The minimum Gasteiger partial charge on any atom is -0.461 e. The van der Waals surface area contributed by atoms with Gasteiger partial charge in [-0.3, -0.25) is 9.59 Å². The Morgan fingerprint density at radius 1 is 1.28 bits per heavy atom. The first-order valence-electron chi connectivity index (χ1n) is 9.19. The number of carbonyl (C=O) groups is 3. The lowest BCUT2D eigenvalue weighted by Gasteiger charge is -2.28. The number of aliphatic hydroxyl groups excluding tert-OH is 1. The molecule has 2 amide bonds. The van der Waals surface area contributed by atoms with Crippen molar-refractivity contribution in [3.63, 3.8) is 0 Å². The van der Waals surface area contributed by atoms with Crippen LogP contribution in [0.15, 0.2) is 41.9 Å². The summed E-state index contributed by atoms with van der Waals surface area (Å²) in [6.45, 7) is 3.09. The number of ether oxygens (including phenoxy) is 2. The lowest BCUT2D eigenvalue weighted by molar-refractivity contribution is -0.159. The van der Waals surface area contributed by atoms with E-state index in [1.165, 1.54) is 30.0 Å². The van der Waals surface area contributed by atoms with Crippen LogP contribution in [0.1, 0.15) is 19.4 Å². The van der Waals surface area contributed by atoms with E-state index in [1.54, 1.807) is 19.3 Å². The van der Waals surface area contributed by atoms with Gasteiger partial charge in [-0.25, -0.2) is 4.79 Å². The largest absolute Gasteiger partial charge is 0.461 e. The van der Waals surface area contributed by atoms with Gasteiger partial charge in [0.1, 0.15) is 6.54 Å². The lowest BCUT2D eigenvalue weighted by atomic mass is 10.0. The predicted molar refractivity (Wildman–Crippen MR) is 109 cm³/mol. The van der Waals surface area contributed by atoms with Gasteiger partial charge >= 0.3 is 5.97 Å². The molecule has 8 nitrogen and oxygen atoms in total. The molecule has 0 bridgehead atoms. The van der Waals surface area contributed by atoms with Gasteiger partial charge in [-0.1, -0.05) is 42.1 Å². The van der Waals surface area contributed by atoms with Crippen molar-refractivity contribution in [2.75, 3.05) is 13.7 Å². The second-order valence-corrected chi connectivity index (χ2v) is 7.72. The van der Waals surface area contributed by atoms with E-state index < -0.39 is 35.6 Å². The molecule has 9 heteroatoms. The summed E-state index contributed by atoms with van der Waals surface area (Å²) in [5, 5.41) is 14.8. The Morgan fingerprint density at radius 2 is 1.97 bits per heavy atom. The minimum absolute atomic E-state index is 0.223. The van der Waals surface area contributed by atoms with Gasteiger partial charge in [0, 0.05) is 13.3 Å². The lowest BCUT2D eigenvalue weighted by Crippen LogP contribution is -2.52. The third-order valence-electron chi connectivity index (χ3n) is 4.08. The summed E-state index contributed by atoms with van der Waals surface area (Å²) in [6, 6.07) is 8.25. The first kappa shape index (κ1) is 22.9. The molecule has 0 radical (unpaired) electrons. The quantitative estimate of drug-likeness (QED) is 0.573. The number of carbonyl (C=O) groups excluding carboxylic acids is 3. The summed E-state index contributed by atoms with van der Waals surface area (Å²) in [5.41, 5.74) is 0.124. The monoisotopic (exact) mass is 422 g/mol. The molecule has 158 valence electrons. The highest BCUT2D eigenvalue weighted by Gasteiger charge is 2.32. The fraction of sp³-hybridized carbons (Fsp3) is 0.450. The van der Waals surface area contributed by atoms with E-state index in [0.717, 1.165) is 5.56 Å². The van der Waals surface area contributed by atoms with E-state index in [-0.39, 0.29) is 18.9 Å². The van der Waals surface area contributed by atoms with Crippen LogP contribution in [0.2, 0.25) is 0 Å². The van der Waals surface area contributed by atoms with Gasteiger partial charge in [0.25, 0.3) is 5.91 Å². The zero-order chi connectivity index (χ0) is 21.4. The number of esters is 1. The van der Waals surface area contributed by atoms with Crippen LogP contribution >= 0.6 is 11.8 Å². The number of hydrogen-bond donors (Lipinski definition) is 2. The molecule has 2 rings (SSSR count). The van der Waals surface area contributed by atoms with Crippen LogP contribution in [0, 0.1) is 0 Å². The molecule has 3 atom stereocenters. The highest BCUT2D eigenvalue weighted by atomic mass is 32.2. The van der Waals surface area contributed by atoms with Crippen LogP contribution in [0.25, 0.3) is 0 Å². The van der Waals surface area contributed by atoms with Gasteiger partial charge in [-0.2, -0.15) is 0 Å². The first-order chi connectivity index (χ1) is 13.8. The second kappa shape index (κ2) is 11.0. The Kier molecular flexibility index (Phi) is 8.69. The topological polar surface area (TPSA) is 105 Å². The molecule has 0 fully saturated rings. The van der Waals surface area contributed by atoms with E-state index in [9.17, 15) is 19.5 Å². The Hall–Kier alpha value is -2.36. The molecular formula is C20H26N2O6S. The Morgan fingerprint density at radius 3 is 2.59 bits per heavy atom. The summed E-state index contributed by atoms with van der Waals surface area (Å²) >= 11 is 1.21. The molecule has 2 unspecified atom stereocenters. The fourth-order valence-electron chi connectivity index (χ4n) is 2.72. The maximum Gasteiger partial charge on any atom is 0.337 e. The number of thioether (sulfide) groups is 1. The van der Waals surface area contributed by atoms with E-state index in [4.69, 9.17) is 9.47 Å². The number of hydrogen-bond acceptors (Lipinski definition) is 7. The molecule has 29 heavy (non-hydrogen) atoms. The Bertz CT molecular complexity index is 740. The number of nitrogens with one attached hydrogen (secondary N) is 1. The number of benzene rings is 1. The van der Waals surface area contributed by atoms with Crippen LogP contribution in [0.5, 0.6) is 0 Å². The predicted octanol–water partition coefficient (Wildman–Crippen LogP) is 1.05. The standard InChI is InChI=1S/C20H26N2O6S/c1-13(2)28-19(26)17(24)15(11-14-7-5-4-6-8-14)21-16(23)12-22-9-10-29-20(27-3)18(22)25/h4-10,13,15,17,20,24H,11-12H2,1-3H3,(H,21,23)/t15-,17?,20?/m0/s1.